The van der Waals surface area contributed by atoms with E-state index in [4.69, 9.17) is 5.73 Å². The van der Waals surface area contributed by atoms with Crippen LogP contribution in [0.4, 0.5) is 5.69 Å². The van der Waals surface area contributed by atoms with E-state index in [9.17, 15) is 4.79 Å². The van der Waals surface area contributed by atoms with Crippen LogP contribution in [0.5, 0.6) is 0 Å². The highest BCUT2D eigenvalue weighted by atomic mass is 16.1. The lowest BCUT2D eigenvalue weighted by atomic mass is 10.1. The van der Waals surface area contributed by atoms with Crippen molar-refractivity contribution in [3.63, 3.8) is 0 Å². The number of hydrogen-bond donors (Lipinski definition) is 1. The molecule has 0 fully saturated rings. The molecular weight excluding hydrogens is 280 g/mol. The second-order valence-corrected chi connectivity index (χ2v) is 4.90. The Morgan fingerprint density at radius 1 is 1.23 bits per heavy atom. The maximum atomic E-state index is 11.2. The van der Waals surface area contributed by atoms with Gasteiger partial charge in [-0.1, -0.05) is 24.3 Å². The number of primary amides is 1. The van der Waals surface area contributed by atoms with Crippen LogP contribution < -0.4 is 10.6 Å². The van der Waals surface area contributed by atoms with Gasteiger partial charge in [-0.2, -0.15) is 0 Å². The molecule has 0 spiro atoms. The summed E-state index contributed by atoms with van der Waals surface area (Å²) in [6.45, 7) is 0.689. The third kappa shape index (κ3) is 1.83. The standard InChI is InChI=1S/C15H12N6O/c16-13(22)14-18-9-21(19-14)12-6-5-10-3-1-2-4-11(10)20-8-7-17-15(12)20/h1-7,9H,8H2,(H2,16,22). The smallest absolute Gasteiger partial charge is 0.288 e. The summed E-state index contributed by atoms with van der Waals surface area (Å²) in [5.41, 5.74) is 8.13. The van der Waals surface area contributed by atoms with Crippen molar-refractivity contribution in [2.75, 3.05) is 11.4 Å². The predicted molar refractivity (Wildman–Crippen MR) is 83.1 cm³/mol. The predicted octanol–water partition coefficient (Wildman–Crippen LogP) is 1.12. The van der Waals surface area contributed by atoms with E-state index in [1.807, 2.05) is 42.6 Å². The number of carbonyl (C=O) groups is 1. The van der Waals surface area contributed by atoms with E-state index in [0.29, 0.717) is 6.54 Å². The monoisotopic (exact) mass is 292 g/mol. The van der Waals surface area contributed by atoms with Crippen molar-refractivity contribution in [2.24, 2.45) is 10.7 Å². The minimum Gasteiger partial charge on any atom is -0.363 e. The summed E-state index contributed by atoms with van der Waals surface area (Å²) in [5, 5.41) is 4.12. The number of benzene rings is 1. The van der Waals surface area contributed by atoms with Gasteiger partial charge in [-0.05, 0) is 17.7 Å². The van der Waals surface area contributed by atoms with Gasteiger partial charge < -0.3 is 10.6 Å². The Bertz CT molecular complexity index is 860. The number of rotatable bonds is 2. The molecule has 0 unspecified atom stereocenters. The second kappa shape index (κ2) is 4.66. The lowest BCUT2D eigenvalue weighted by Crippen LogP contribution is -2.20. The summed E-state index contributed by atoms with van der Waals surface area (Å²) in [5.74, 6) is 0.0934. The van der Waals surface area contributed by atoms with Crippen LogP contribution in [0, 0.1) is 0 Å². The third-order valence-electron chi connectivity index (χ3n) is 3.57. The summed E-state index contributed by atoms with van der Waals surface area (Å²) in [7, 11) is 0. The first kappa shape index (κ1) is 12.5. The van der Waals surface area contributed by atoms with Crippen LogP contribution in [0.2, 0.25) is 0 Å². The van der Waals surface area contributed by atoms with Crippen molar-refractivity contribution in [3.8, 4) is 0 Å². The summed E-state index contributed by atoms with van der Waals surface area (Å²) >= 11 is 0. The van der Waals surface area contributed by atoms with Gasteiger partial charge in [-0.3, -0.25) is 4.79 Å². The number of fused-ring (bicyclic) bond motifs is 3. The Kier molecular flexibility index (Phi) is 2.65. The molecule has 0 aliphatic carbocycles. The van der Waals surface area contributed by atoms with Crippen molar-refractivity contribution < 1.29 is 4.79 Å². The molecule has 108 valence electrons. The lowest BCUT2D eigenvalue weighted by Gasteiger charge is -2.20. The van der Waals surface area contributed by atoms with Crippen LogP contribution in [-0.2, 0) is 0 Å². The number of hydrogen-bond acceptors (Lipinski definition) is 5. The van der Waals surface area contributed by atoms with Crippen molar-refractivity contribution in [1.82, 2.24) is 14.8 Å². The molecule has 0 atom stereocenters. The number of aromatic nitrogens is 3. The molecule has 7 nitrogen and oxygen atoms in total. The molecule has 3 heterocycles. The number of amides is 1. The number of carbonyl (C=O) groups excluding carboxylic acids is 1. The van der Waals surface area contributed by atoms with Gasteiger partial charge in [0.15, 0.2) is 5.82 Å². The molecule has 1 amide bonds. The van der Waals surface area contributed by atoms with E-state index < -0.39 is 5.91 Å². The van der Waals surface area contributed by atoms with E-state index in [1.54, 1.807) is 0 Å². The van der Waals surface area contributed by atoms with Crippen LogP contribution >= 0.6 is 0 Å². The van der Waals surface area contributed by atoms with Crippen LogP contribution in [-0.4, -0.2) is 33.4 Å². The minimum absolute atomic E-state index is 0.0169. The highest BCUT2D eigenvalue weighted by Gasteiger charge is 2.24. The van der Waals surface area contributed by atoms with E-state index in [0.717, 1.165) is 22.8 Å². The molecule has 1 aromatic heterocycles. The van der Waals surface area contributed by atoms with Gasteiger partial charge in [-0.15, -0.1) is 5.10 Å². The molecule has 2 aliphatic heterocycles. The fraction of sp³-hybridized carbons (Fsp3) is 0.0667. The minimum atomic E-state index is -0.656. The number of allylic oxidation sites excluding steroid dienone is 2. The zero-order valence-electron chi connectivity index (χ0n) is 11.5. The highest BCUT2D eigenvalue weighted by Crippen LogP contribution is 2.33. The van der Waals surface area contributed by atoms with E-state index in [-0.39, 0.29) is 5.82 Å². The fourth-order valence-corrected chi connectivity index (χ4v) is 2.57. The molecule has 2 aromatic rings. The molecule has 4 rings (SSSR count). The molecule has 0 bridgehead atoms. The highest BCUT2D eigenvalue weighted by molar-refractivity contribution is 5.90. The molecule has 0 saturated carbocycles. The van der Waals surface area contributed by atoms with Gasteiger partial charge in [0.05, 0.1) is 12.2 Å². The molecule has 0 saturated heterocycles. The number of nitrogens with zero attached hydrogens (tertiary/aromatic N) is 5. The lowest BCUT2D eigenvalue weighted by molar-refractivity contribution is 0.0990. The molecule has 2 aliphatic rings. The van der Waals surface area contributed by atoms with Crippen molar-refractivity contribution in [3.05, 3.63) is 53.9 Å². The summed E-state index contributed by atoms with van der Waals surface area (Å²) in [4.78, 5) is 21.7. The van der Waals surface area contributed by atoms with Crippen molar-refractivity contribution in [2.45, 2.75) is 0 Å². The third-order valence-corrected chi connectivity index (χ3v) is 3.57. The van der Waals surface area contributed by atoms with Crippen LogP contribution in [0.25, 0.3) is 11.8 Å². The SMILES string of the molecule is NC(=O)c1ncn(C2=C3N=CCN3c3ccccc3C=C2)n1. The van der Waals surface area contributed by atoms with Crippen LogP contribution in [0.1, 0.15) is 16.2 Å². The molecule has 2 N–H and O–H groups in total. The zero-order valence-corrected chi connectivity index (χ0v) is 11.5. The first-order valence-corrected chi connectivity index (χ1v) is 6.77. The second-order valence-electron chi connectivity index (χ2n) is 4.90. The Morgan fingerprint density at radius 2 is 2.09 bits per heavy atom. The zero-order chi connectivity index (χ0) is 15.1. The van der Waals surface area contributed by atoms with Gasteiger partial charge in [0, 0.05) is 6.21 Å². The van der Waals surface area contributed by atoms with Crippen LogP contribution in [0.15, 0.2) is 47.5 Å². The number of para-hydroxylation sites is 1. The Balaban J connectivity index is 1.88. The van der Waals surface area contributed by atoms with Gasteiger partial charge in [0.25, 0.3) is 5.91 Å². The molecule has 1 aromatic carbocycles. The normalized spacial score (nSPS) is 15.7. The van der Waals surface area contributed by atoms with Crippen molar-refractivity contribution >= 4 is 29.6 Å². The maximum absolute atomic E-state index is 11.2. The molecule has 0 radical (unpaired) electrons. The van der Waals surface area contributed by atoms with Crippen LogP contribution in [0.3, 0.4) is 0 Å². The fourth-order valence-electron chi connectivity index (χ4n) is 2.57. The van der Waals surface area contributed by atoms with Crippen molar-refractivity contribution in [1.29, 1.82) is 0 Å². The van der Waals surface area contributed by atoms with Gasteiger partial charge >= 0.3 is 0 Å². The number of anilines is 1. The number of nitrogens with two attached hydrogens (primary N) is 1. The molecule has 7 heteroatoms. The van der Waals surface area contributed by atoms with E-state index in [1.165, 1.54) is 11.0 Å². The largest absolute Gasteiger partial charge is 0.363 e. The Morgan fingerprint density at radius 3 is 2.91 bits per heavy atom. The Hall–Kier alpha value is -3.22. The first-order valence-electron chi connectivity index (χ1n) is 6.77. The average Bonchev–Trinajstić information content (AvgIpc) is 3.16. The topological polar surface area (TPSA) is 89.4 Å². The van der Waals surface area contributed by atoms with Gasteiger partial charge in [-0.25, -0.2) is 14.7 Å². The molecular formula is C15H12N6O. The summed E-state index contributed by atoms with van der Waals surface area (Å²) < 4.78 is 1.52. The van der Waals surface area contributed by atoms with Gasteiger partial charge in [0.1, 0.15) is 12.0 Å². The van der Waals surface area contributed by atoms with E-state index >= 15 is 0 Å². The Labute approximate surface area is 126 Å². The average molecular weight is 292 g/mol. The quantitative estimate of drug-likeness (QED) is 0.898. The summed E-state index contributed by atoms with van der Waals surface area (Å²) in [6, 6.07) is 8.08. The first-order chi connectivity index (χ1) is 10.7. The van der Waals surface area contributed by atoms with Gasteiger partial charge in [0.2, 0.25) is 5.82 Å². The molecule has 22 heavy (non-hydrogen) atoms. The number of aliphatic imine (C=N–C) groups is 1. The summed E-state index contributed by atoms with van der Waals surface area (Å²) in [6.07, 6.45) is 7.22. The van der Waals surface area contributed by atoms with E-state index in [2.05, 4.69) is 20.0 Å². The maximum Gasteiger partial charge on any atom is 0.288 e.